The summed E-state index contributed by atoms with van der Waals surface area (Å²) in [5, 5.41) is 3.50. The van der Waals surface area contributed by atoms with E-state index in [-0.39, 0.29) is 0 Å². The first kappa shape index (κ1) is 18.6. The van der Waals surface area contributed by atoms with Gasteiger partial charge >= 0.3 is 0 Å². The summed E-state index contributed by atoms with van der Waals surface area (Å²) in [5.41, 5.74) is 4.46. The van der Waals surface area contributed by atoms with Crippen LogP contribution in [0, 0.1) is 0 Å². The lowest BCUT2D eigenvalue weighted by atomic mass is 10.1. The maximum atomic E-state index is 5.44. The zero-order chi connectivity index (χ0) is 19.7. The summed E-state index contributed by atoms with van der Waals surface area (Å²) in [4.78, 5) is 9.64. The van der Waals surface area contributed by atoms with Crippen LogP contribution in [0.25, 0.3) is 5.70 Å². The number of fused-ring (bicyclic) bond motifs is 1. The maximum absolute atomic E-state index is 5.44. The summed E-state index contributed by atoms with van der Waals surface area (Å²) >= 11 is 0. The highest BCUT2D eigenvalue weighted by Gasteiger charge is 2.25. The molecule has 148 valence electrons. The number of hydrogen-bond donors (Lipinski definition) is 1. The fourth-order valence-electron chi connectivity index (χ4n) is 3.92. The highest BCUT2D eigenvalue weighted by molar-refractivity contribution is 6.04. The number of ether oxygens (including phenoxy) is 2. The highest BCUT2D eigenvalue weighted by Crippen LogP contribution is 2.33. The minimum atomic E-state index is 0.510. The second-order valence-corrected chi connectivity index (χ2v) is 7.43. The lowest BCUT2D eigenvalue weighted by molar-refractivity contribution is 0.258. The molecule has 0 saturated carbocycles. The summed E-state index contributed by atoms with van der Waals surface area (Å²) in [7, 11) is 3.30. The van der Waals surface area contributed by atoms with Crippen LogP contribution < -0.4 is 14.8 Å². The van der Waals surface area contributed by atoms with Crippen molar-refractivity contribution in [2.75, 3.05) is 40.4 Å². The number of nitrogens with zero attached hydrogens (tertiary/aromatic N) is 3. The molecule has 0 spiro atoms. The summed E-state index contributed by atoms with van der Waals surface area (Å²) in [6.45, 7) is 8.27. The van der Waals surface area contributed by atoms with E-state index >= 15 is 0 Å². The Morgan fingerprint density at radius 3 is 2.75 bits per heavy atom. The number of hydrogen-bond acceptors (Lipinski definition) is 6. The molecule has 1 atom stereocenters. The van der Waals surface area contributed by atoms with Gasteiger partial charge in [-0.05, 0) is 49.8 Å². The molecule has 3 heterocycles. The Morgan fingerprint density at radius 2 is 2.00 bits per heavy atom. The summed E-state index contributed by atoms with van der Waals surface area (Å²) in [5.74, 6) is 2.46. The molecule has 0 bridgehead atoms. The molecule has 3 aliphatic heterocycles. The minimum Gasteiger partial charge on any atom is -0.493 e. The third kappa shape index (κ3) is 3.52. The van der Waals surface area contributed by atoms with Gasteiger partial charge in [0.1, 0.15) is 5.84 Å². The molecular formula is C22H28N4O2. The third-order valence-corrected chi connectivity index (χ3v) is 5.40. The van der Waals surface area contributed by atoms with Crippen molar-refractivity contribution in [1.82, 2.24) is 15.1 Å². The summed E-state index contributed by atoms with van der Waals surface area (Å²) in [6.07, 6.45) is 6.65. The van der Waals surface area contributed by atoms with Gasteiger partial charge in [0.2, 0.25) is 0 Å². The Morgan fingerprint density at radius 1 is 1.18 bits per heavy atom. The number of piperazine rings is 1. The van der Waals surface area contributed by atoms with Crippen molar-refractivity contribution in [1.29, 1.82) is 0 Å². The largest absolute Gasteiger partial charge is 0.493 e. The predicted molar refractivity (Wildman–Crippen MR) is 113 cm³/mol. The molecule has 4 rings (SSSR count). The quantitative estimate of drug-likeness (QED) is 0.871. The topological polar surface area (TPSA) is 49.3 Å². The molecule has 1 N–H and O–H groups in total. The van der Waals surface area contributed by atoms with Gasteiger partial charge in [0, 0.05) is 44.0 Å². The van der Waals surface area contributed by atoms with Gasteiger partial charge in [-0.1, -0.05) is 0 Å². The van der Waals surface area contributed by atoms with E-state index in [0.717, 1.165) is 54.8 Å². The van der Waals surface area contributed by atoms with Gasteiger partial charge in [-0.15, -0.1) is 0 Å². The molecule has 6 heteroatoms. The molecule has 3 aliphatic rings. The number of aliphatic imine (C=N–C) groups is 1. The van der Waals surface area contributed by atoms with Crippen LogP contribution in [0.2, 0.25) is 0 Å². The molecule has 1 aromatic carbocycles. The van der Waals surface area contributed by atoms with Gasteiger partial charge < -0.3 is 24.6 Å². The second-order valence-electron chi connectivity index (χ2n) is 7.43. The Balaban J connectivity index is 1.58. The summed E-state index contributed by atoms with van der Waals surface area (Å²) in [6, 6.07) is 6.44. The van der Waals surface area contributed by atoms with Crippen LogP contribution in [0.4, 0.5) is 0 Å². The molecule has 0 aliphatic carbocycles. The van der Waals surface area contributed by atoms with Crippen LogP contribution in [-0.4, -0.2) is 62.1 Å². The van der Waals surface area contributed by atoms with Crippen LogP contribution in [0.15, 0.2) is 52.8 Å². The van der Waals surface area contributed by atoms with Crippen LogP contribution in [0.5, 0.6) is 11.5 Å². The fraction of sp³-hybridized carbons (Fsp3) is 0.409. The highest BCUT2D eigenvalue weighted by atomic mass is 16.5. The molecule has 0 amide bonds. The molecule has 1 saturated heterocycles. The Labute approximate surface area is 166 Å². The van der Waals surface area contributed by atoms with Crippen LogP contribution in [0.3, 0.4) is 0 Å². The molecule has 0 unspecified atom stereocenters. The van der Waals surface area contributed by atoms with E-state index in [0.29, 0.717) is 6.04 Å². The lowest BCUT2D eigenvalue weighted by Crippen LogP contribution is -2.49. The molecule has 0 aromatic heterocycles. The number of benzene rings is 1. The Bertz CT molecular complexity index is 885. The number of nitrogens with one attached hydrogen (secondary N) is 1. The van der Waals surface area contributed by atoms with E-state index in [4.69, 9.17) is 14.5 Å². The van der Waals surface area contributed by atoms with Crippen LogP contribution >= 0.6 is 0 Å². The molecule has 1 aromatic rings. The van der Waals surface area contributed by atoms with Crippen molar-refractivity contribution in [2.45, 2.75) is 19.9 Å². The molecule has 6 nitrogen and oxygen atoms in total. The van der Waals surface area contributed by atoms with E-state index in [2.05, 4.69) is 47.3 Å². The van der Waals surface area contributed by atoms with E-state index in [1.54, 1.807) is 14.2 Å². The molecule has 1 fully saturated rings. The lowest BCUT2D eigenvalue weighted by Gasteiger charge is -2.38. The number of amidine groups is 1. The van der Waals surface area contributed by atoms with Gasteiger partial charge in [0.15, 0.2) is 11.5 Å². The first-order valence-electron chi connectivity index (χ1n) is 9.75. The van der Waals surface area contributed by atoms with Crippen molar-refractivity contribution in [3.05, 3.63) is 53.4 Å². The zero-order valence-corrected chi connectivity index (χ0v) is 17.0. The SMILES string of the molecule is COc1ccc(C2=CCN3C=C(N4CCN[C@@H](C)C4)C=C(C)C3=N2)cc1OC. The van der Waals surface area contributed by atoms with Crippen molar-refractivity contribution < 1.29 is 9.47 Å². The van der Waals surface area contributed by atoms with E-state index in [1.165, 1.54) is 11.3 Å². The fourth-order valence-corrected chi connectivity index (χ4v) is 3.92. The molecule has 0 radical (unpaired) electrons. The van der Waals surface area contributed by atoms with Gasteiger partial charge in [-0.3, -0.25) is 0 Å². The van der Waals surface area contributed by atoms with Gasteiger partial charge in [-0.2, -0.15) is 0 Å². The summed E-state index contributed by atoms with van der Waals surface area (Å²) < 4.78 is 10.8. The van der Waals surface area contributed by atoms with E-state index < -0.39 is 0 Å². The smallest absolute Gasteiger partial charge is 0.161 e. The normalized spacial score (nSPS) is 21.9. The number of allylic oxidation sites excluding steroid dienone is 1. The van der Waals surface area contributed by atoms with Crippen molar-refractivity contribution in [3.63, 3.8) is 0 Å². The number of methoxy groups -OCH3 is 2. The zero-order valence-electron chi connectivity index (χ0n) is 17.0. The average molecular weight is 380 g/mol. The monoisotopic (exact) mass is 380 g/mol. The first-order chi connectivity index (χ1) is 13.6. The predicted octanol–water partition coefficient (Wildman–Crippen LogP) is 2.85. The van der Waals surface area contributed by atoms with Crippen molar-refractivity contribution in [3.8, 4) is 11.5 Å². The number of rotatable bonds is 4. The average Bonchev–Trinajstić information content (AvgIpc) is 2.73. The van der Waals surface area contributed by atoms with E-state index in [1.807, 2.05) is 18.2 Å². The maximum Gasteiger partial charge on any atom is 0.161 e. The van der Waals surface area contributed by atoms with Gasteiger partial charge in [-0.25, -0.2) is 4.99 Å². The molecule has 28 heavy (non-hydrogen) atoms. The minimum absolute atomic E-state index is 0.510. The van der Waals surface area contributed by atoms with Crippen LogP contribution in [-0.2, 0) is 0 Å². The second kappa shape index (κ2) is 7.72. The Kier molecular flexibility index (Phi) is 5.13. The van der Waals surface area contributed by atoms with Gasteiger partial charge in [0.05, 0.1) is 25.6 Å². The molecular weight excluding hydrogens is 352 g/mol. The van der Waals surface area contributed by atoms with Crippen LogP contribution in [0.1, 0.15) is 19.4 Å². The first-order valence-corrected chi connectivity index (χ1v) is 9.75. The Hall–Kier alpha value is -2.73. The standard InChI is InChI=1S/C22H28N4O2/c1-15-11-18(25-10-8-23-16(2)13-25)14-26-9-7-19(24-22(15)26)17-5-6-20(27-3)21(12-17)28-4/h5-7,11-12,14,16,23H,8-10,13H2,1-4H3/t16-/m0/s1. The van der Waals surface area contributed by atoms with Gasteiger partial charge in [0.25, 0.3) is 0 Å². The van der Waals surface area contributed by atoms with E-state index in [9.17, 15) is 0 Å². The van der Waals surface area contributed by atoms with Crippen molar-refractivity contribution in [2.24, 2.45) is 4.99 Å². The van der Waals surface area contributed by atoms with Crippen molar-refractivity contribution >= 4 is 11.5 Å². The third-order valence-electron chi connectivity index (χ3n) is 5.40.